The average molecular weight is 403 g/mol. The quantitative estimate of drug-likeness (QED) is 0.705. The molecule has 1 saturated heterocycles. The van der Waals surface area contributed by atoms with Crippen LogP contribution >= 0.6 is 11.8 Å². The summed E-state index contributed by atoms with van der Waals surface area (Å²) in [6.45, 7) is 11.6. The number of carbonyl (C=O) groups is 1. The normalized spacial score (nSPS) is 15.0. The summed E-state index contributed by atoms with van der Waals surface area (Å²) in [7, 11) is 0. The van der Waals surface area contributed by atoms with Crippen LogP contribution in [0.3, 0.4) is 0 Å². The van der Waals surface area contributed by atoms with E-state index in [2.05, 4.69) is 45.6 Å². The van der Waals surface area contributed by atoms with Crippen molar-refractivity contribution in [3.8, 4) is 0 Å². The summed E-state index contributed by atoms with van der Waals surface area (Å²) in [5, 5.41) is 1.05. The van der Waals surface area contributed by atoms with E-state index in [1.165, 1.54) is 11.3 Å². The van der Waals surface area contributed by atoms with Gasteiger partial charge in [0.05, 0.1) is 6.54 Å². The number of imidazole rings is 1. The second-order valence-electron chi connectivity index (χ2n) is 7.85. The number of rotatable bonds is 5. The van der Waals surface area contributed by atoms with Gasteiger partial charge in [-0.15, -0.1) is 0 Å². The van der Waals surface area contributed by atoms with Gasteiger partial charge in [0.2, 0.25) is 0 Å². The first-order valence-electron chi connectivity index (χ1n) is 9.82. The summed E-state index contributed by atoms with van der Waals surface area (Å²) in [5.41, 5.74) is 2.04. The summed E-state index contributed by atoms with van der Waals surface area (Å²) in [6.07, 6.45) is 3.68. The molecule has 0 bridgehead atoms. The summed E-state index contributed by atoms with van der Waals surface area (Å²) >= 11 is 1.76. The second kappa shape index (κ2) is 8.90. The molecule has 0 N–H and O–H groups in total. The fourth-order valence-corrected chi connectivity index (χ4v) is 3.96. The minimum Gasteiger partial charge on any atom is -0.444 e. The Balaban J connectivity index is 1.67. The third-order valence-electron chi connectivity index (χ3n) is 4.56. The molecule has 152 valence electrons. The predicted molar refractivity (Wildman–Crippen MR) is 114 cm³/mol. The first kappa shape index (κ1) is 20.6. The fraction of sp³-hybridized carbons (Fsp3) is 0.524. The van der Waals surface area contributed by atoms with Crippen molar-refractivity contribution in [2.75, 3.05) is 36.8 Å². The molecule has 1 aliphatic heterocycles. The number of hydrogen-bond donors (Lipinski definition) is 0. The lowest BCUT2D eigenvalue weighted by atomic mass is 10.1. The first-order valence-corrected chi connectivity index (χ1v) is 10.8. The van der Waals surface area contributed by atoms with Gasteiger partial charge < -0.3 is 19.1 Å². The maximum Gasteiger partial charge on any atom is 0.410 e. The molecule has 2 heterocycles. The molecule has 7 heteroatoms. The zero-order valence-electron chi connectivity index (χ0n) is 17.2. The van der Waals surface area contributed by atoms with Crippen LogP contribution in [0.4, 0.5) is 10.5 Å². The van der Waals surface area contributed by atoms with Gasteiger partial charge >= 0.3 is 6.09 Å². The van der Waals surface area contributed by atoms with Crippen LogP contribution in [0, 0.1) is 0 Å². The van der Waals surface area contributed by atoms with E-state index in [-0.39, 0.29) is 6.09 Å². The summed E-state index contributed by atoms with van der Waals surface area (Å²) in [6, 6.07) is 8.51. The number of para-hydroxylation sites is 1. The Morgan fingerprint density at radius 3 is 2.57 bits per heavy atom. The van der Waals surface area contributed by atoms with Gasteiger partial charge in [-0.2, -0.15) is 0 Å². The average Bonchev–Trinajstić information content (AvgIpc) is 3.08. The van der Waals surface area contributed by atoms with E-state index in [1.807, 2.05) is 33.2 Å². The van der Waals surface area contributed by atoms with Crippen molar-refractivity contribution < 1.29 is 9.53 Å². The number of anilines is 1. The maximum atomic E-state index is 12.3. The number of thioether (sulfide) groups is 1. The largest absolute Gasteiger partial charge is 0.444 e. The molecule has 1 aromatic heterocycles. The number of amides is 1. The Bertz CT molecular complexity index is 792. The van der Waals surface area contributed by atoms with Gasteiger partial charge in [-0.3, -0.25) is 0 Å². The topological polar surface area (TPSA) is 50.6 Å². The third kappa shape index (κ3) is 5.22. The molecule has 3 rings (SSSR count). The molecule has 1 amide bonds. The molecule has 1 aromatic carbocycles. The molecular weight excluding hydrogens is 372 g/mol. The van der Waals surface area contributed by atoms with Crippen molar-refractivity contribution in [2.45, 2.75) is 45.0 Å². The van der Waals surface area contributed by atoms with Crippen molar-refractivity contribution >= 4 is 23.5 Å². The van der Waals surface area contributed by atoms with Crippen molar-refractivity contribution in [2.24, 2.45) is 0 Å². The standard InChI is InChI=1S/C21H30N4O2S/c1-5-28-19-22-10-11-25(19)16-17-8-6-7-9-18(17)23-12-14-24(15-13-23)20(26)27-21(2,3)4/h6-11H,5,12-16H2,1-4H3. The Morgan fingerprint density at radius 1 is 1.18 bits per heavy atom. The number of benzene rings is 1. The number of piperazine rings is 1. The van der Waals surface area contributed by atoms with Gasteiger partial charge in [0.15, 0.2) is 5.16 Å². The van der Waals surface area contributed by atoms with Gasteiger partial charge in [-0.05, 0) is 38.2 Å². The Labute approximate surface area is 171 Å². The molecule has 0 atom stereocenters. The van der Waals surface area contributed by atoms with E-state index in [0.29, 0.717) is 13.1 Å². The molecule has 0 unspecified atom stereocenters. The smallest absolute Gasteiger partial charge is 0.410 e. The van der Waals surface area contributed by atoms with E-state index in [0.717, 1.165) is 30.5 Å². The van der Waals surface area contributed by atoms with Gasteiger partial charge in [0, 0.05) is 44.3 Å². The molecule has 2 aromatic rings. The molecule has 1 fully saturated rings. The number of ether oxygens (including phenoxy) is 1. The molecule has 0 aliphatic carbocycles. The van der Waals surface area contributed by atoms with Gasteiger partial charge in [-0.1, -0.05) is 36.9 Å². The van der Waals surface area contributed by atoms with Crippen molar-refractivity contribution in [3.63, 3.8) is 0 Å². The molecule has 6 nitrogen and oxygen atoms in total. The molecule has 28 heavy (non-hydrogen) atoms. The van der Waals surface area contributed by atoms with Crippen molar-refractivity contribution in [1.29, 1.82) is 0 Å². The number of aromatic nitrogens is 2. The van der Waals surface area contributed by atoms with Crippen molar-refractivity contribution in [1.82, 2.24) is 14.5 Å². The van der Waals surface area contributed by atoms with Crippen LogP contribution in [-0.2, 0) is 11.3 Å². The Morgan fingerprint density at radius 2 is 1.89 bits per heavy atom. The molecule has 0 spiro atoms. The van der Waals surface area contributed by atoms with Gasteiger partial charge in [-0.25, -0.2) is 9.78 Å². The lowest BCUT2D eigenvalue weighted by Gasteiger charge is -2.37. The Kier molecular flexibility index (Phi) is 6.54. The lowest BCUT2D eigenvalue weighted by Crippen LogP contribution is -2.50. The van der Waals surface area contributed by atoms with E-state index >= 15 is 0 Å². The minimum absolute atomic E-state index is 0.222. The highest BCUT2D eigenvalue weighted by Gasteiger charge is 2.26. The fourth-order valence-electron chi connectivity index (χ4n) is 3.28. The maximum absolute atomic E-state index is 12.3. The van der Waals surface area contributed by atoms with Crippen LogP contribution in [0.1, 0.15) is 33.3 Å². The third-order valence-corrected chi connectivity index (χ3v) is 5.44. The number of carbonyl (C=O) groups excluding carboxylic acids is 1. The SMILES string of the molecule is CCSc1nccn1Cc1ccccc1N1CCN(C(=O)OC(C)(C)C)CC1. The minimum atomic E-state index is -0.459. The molecule has 0 radical (unpaired) electrons. The van der Waals surface area contributed by atoms with Crippen LogP contribution < -0.4 is 4.90 Å². The highest BCUT2D eigenvalue weighted by Crippen LogP contribution is 2.25. The highest BCUT2D eigenvalue weighted by atomic mass is 32.2. The molecule has 1 aliphatic rings. The van der Waals surface area contributed by atoms with Crippen LogP contribution in [0.2, 0.25) is 0 Å². The molecule has 0 saturated carbocycles. The highest BCUT2D eigenvalue weighted by molar-refractivity contribution is 7.99. The van der Waals surface area contributed by atoms with E-state index in [1.54, 1.807) is 16.7 Å². The zero-order valence-corrected chi connectivity index (χ0v) is 18.0. The van der Waals surface area contributed by atoms with E-state index < -0.39 is 5.60 Å². The van der Waals surface area contributed by atoms with Crippen LogP contribution in [0.15, 0.2) is 41.8 Å². The lowest BCUT2D eigenvalue weighted by molar-refractivity contribution is 0.0240. The van der Waals surface area contributed by atoms with E-state index in [9.17, 15) is 4.79 Å². The van der Waals surface area contributed by atoms with E-state index in [4.69, 9.17) is 4.74 Å². The summed E-state index contributed by atoms with van der Waals surface area (Å²) < 4.78 is 7.70. The second-order valence-corrected chi connectivity index (χ2v) is 9.09. The first-order chi connectivity index (χ1) is 13.4. The van der Waals surface area contributed by atoms with Gasteiger partial charge in [0.25, 0.3) is 0 Å². The van der Waals surface area contributed by atoms with Crippen LogP contribution in [0.25, 0.3) is 0 Å². The number of nitrogens with zero attached hydrogens (tertiary/aromatic N) is 4. The number of hydrogen-bond acceptors (Lipinski definition) is 5. The Hall–Kier alpha value is -2.15. The predicted octanol–water partition coefficient (Wildman–Crippen LogP) is 4.10. The summed E-state index contributed by atoms with van der Waals surface area (Å²) in [5.74, 6) is 1.01. The van der Waals surface area contributed by atoms with Crippen LogP contribution in [-0.4, -0.2) is 58.1 Å². The monoisotopic (exact) mass is 402 g/mol. The zero-order chi connectivity index (χ0) is 20.1. The molecular formula is C21H30N4O2S. The summed E-state index contributed by atoms with van der Waals surface area (Å²) in [4.78, 5) is 20.9. The van der Waals surface area contributed by atoms with Crippen LogP contribution in [0.5, 0.6) is 0 Å². The van der Waals surface area contributed by atoms with Gasteiger partial charge in [0.1, 0.15) is 5.60 Å². The van der Waals surface area contributed by atoms with Crippen molar-refractivity contribution in [3.05, 3.63) is 42.2 Å².